The van der Waals surface area contributed by atoms with Gasteiger partial charge in [0.05, 0.1) is 23.6 Å². The topological polar surface area (TPSA) is 38.2 Å². The molecule has 3 heterocycles. The van der Waals surface area contributed by atoms with E-state index in [4.69, 9.17) is 4.74 Å². The van der Waals surface area contributed by atoms with Crippen molar-refractivity contribution in [3.63, 3.8) is 0 Å². The van der Waals surface area contributed by atoms with Crippen molar-refractivity contribution in [2.75, 3.05) is 14.1 Å². The molecule has 0 amide bonds. The number of allylic oxidation sites excluding steroid dienone is 3. The minimum Gasteiger partial charge on any atom is -0.359 e. The molecule has 1 saturated heterocycles. The van der Waals surface area contributed by atoms with E-state index in [0.717, 1.165) is 24.6 Å². The highest BCUT2D eigenvalue weighted by atomic mass is 16.5. The smallest absolute Gasteiger partial charge is 0.0978 e. The Balaban J connectivity index is 1.25. The third-order valence-corrected chi connectivity index (χ3v) is 9.27. The monoisotopic (exact) mass is 425 g/mol. The first-order chi connectivity index (χ1) is 15.6. The van der Waals surface area contributed by atoms with Crippen LogP contribution >= 0.6 is 0 Å². The minimum atomic E-state index is -0.0821. The SMILES string of the molecule is CN(C)[C@H]1CCC2=CC3=CCC4C(c5ccc6cnncc6c5)=CC[C@H]4[C@@]34CC[C@]2(C1)O4. The summed E-state index contributed by atoms with van der Waals surface area (Å²) in [6, 6.07) is 7.39. The van der Waals surface area contributed by atoms with Gasteiger partial charge in [-0.2, -0.15) is 10.2 Å². The van der Waals surface area contributed by atoms with Crippen molar-refractivity contribution in [1.29, 1.82) is 0 Å². The van der Waals surface area contributed by atoms with Crippen LogP contribution in [0.15, 0.2) is 60.0 Å². The zero-order valence-electron chi connectivity index (χ0n) is 19.1. The maximum absolute atomic E-state index is 7.31. The fraction of sp³-hybridized carbons (Fsp3) is 0.500. The lowest BCUT2D eigenvalue weighted by Crippen LogP contribution is -2.53. The van der Waals surface area contributed by atoms with E-state index in [2.05, 4.69) is 65.6 Å². The van der Waals surface area contributed by atoms with Gasteiger partial charge in [-0.1, -0.05) is 30.4 Å². The zero-order valence-corrected chi connectivity index (χ0v) is 19.1. The van der Waals surface area contributed by atoms with E-state index < -0.39 is 0 Å². The van der Waals surface area contributed by atoms with Crippen LogP contribution < -0.4 is 0 Å². The second-order valence-electron chi connectivity index (χ2n) is 10.9. The third kappa shape index (κ3) is 2.51. The van der Waals surface area contributed by atoms with Gasteiger partial charge in [0, 0.05) is 22.7 Å². The van der Waals surface area contributed by atoms with E-state index in [1.807, 2.05) is 12.4 Å². The van der Waals surface area contributed by atoms with Crippen LogP contribution in [0.5, 0.6) is 0 Å². The molecule has 4 nitrogen and oxygen atoms in total. The van der Waals surface area contributed by atoms with Crippen molar-refractivity contribution in [3.05, 3.63) is 65.5 Å². The first kappa shape index (κ1) is 19.2. The Hall–Kier alpha value is -2.30. The van der Waals surface area contributed by atoms with Crippen LogP contribution in [0.2, 0.25) is 0 Å². The molecule has 5 aliphatic rings. The highest BCUT2D eigenvalue weighted by Gasteiger charge is 2.62. The van der Waals surface area contributed by atoms with E-state index in [0.29, 0.717) is 17.9 Å². The molecule has 0 N–H and O–H groups in total. The first-order valence-electron chi connectivity index (χ1n) is 12.3. The lowest BCUT2D eigenvalue weighted by molar-refractivity contribution is -0.124. The van der Waals surface area contributed by atoms with Gasteiger partial charge in [-0.25, -0.2) is 0 Å². The Morgan fingerprint density at radius 1 is 1.03 bits per heavy atom. The number of nitrogens with zero attached hydrogens (tertiary/aromatic N) is 3. The van der Waals surface area contributed by atoms with Gasteiger partial charge in [-0.3, -0.25) is 0 Å². The molecule has 2 aromatic rings. The van der Waals surface area contributed by atoms with Crippen molar-refractivity contribution < 1.29 is 4.74 Å². The fourth-order valence-electron chi connectivity index (χ4n) is 7.59. The van der Waals surface area contributed by atoms with Crippen molar-refractivity contribution in [1.82, 2.24) is 15.1 Å². The lowest BCUT2D eigenvalue weighted by atomic mass is 9.66. The van der Waals surface area contributed by atoms with Gasteiger partial charge < -0.3 is 9.64 Å². The molecule has 1 aromatic carbocycles. The lowest BCUT2D eigenvalue weighted by Gasteiger charge is -2.51. The largest absolute Gasteiger partial charge is 0.359 e. The van der Waals surface area contributed by atoms with Crippen LogP contribution in [0.3, 0.4) is 0 Å². The third-order valence-electron chi connectivity index (χ3n) is 9.27. The summed E-state index contributed by atoms with van der Waals surface area (Å²) in [4.78, 5) is 2.41. The summed E-state index contributed by atoms with van der Waals surface area (Å²) in [5, 5.41) is 10.4. The molecular formula is C28H31N3O. The number of hydrogen-bond acceptors (Lipinski definition) is 4. The van der Waals surface area contributed by atoms with E-state index in [1.165, 1.54) is 47.8 Å². The maximum atomic E-state index is 7.31. The molecule has 5 atom stereocenters. The second kappa shape index (κ2) is 6.61. The molecule has 32 heavy (non-hydrogen) atoms. The molecule has 4 heteroatoms. The Morgan fingerprint density at radius 2 is 1.91 bits per heavy atom. The second-order valence-corrected chi connectivity index (χ2v) is 10.9. The molecular weight excluding hydrogens is 394 g/mol. The van der Waals surface area contributed by atoms with Gasteiger partial charge in [0.25, 0.3) is 0 Å². The quantitative estimate of drug-likeness (QED) is 0.653. The number of fused-ring (bicyclic) bond motifs is 2. The molecule has 0 radical (unpaired) electrons. The van der Waals surface area contributed by atoms with Crippen LogP contribution in [0.4, 0.5) is 0 Å². The number of ether oxygens (including phenoxy) is 1. The number of benzene rings is 1. The van der Waals surface area contributed by atoms with Gasteiger partial charge in [0.1, 0.15) is 0 Å². The van der Waals surface area contributed by atoms with Crippen molar-refractivity contribution in [3.8, 4) is 0 Å². The highest BCUT2D eigenvalue weighted by molar-refractivity contribution is 5.86. The van der Waals surface area contributed by atoms with Crippen molar-refractivity contribution >= 4 is 16.3 Å². The average Bonchev–Trinajstić information content (AvgIpc) is 3.38. The summed E-state index contributed by atoms with van der Waals surface area (Å²) in [6.07, 6.45) is 19.6. The van der Waals surface area contributed by atoms with Crippen LogP contribution in [-0.4, -0.2) is 46.4 Å². The number of hydrogen-bond donors (Lipinski definition) is 0. The van der Waals surface area contributed by atoms with Gasteiger partial charge in [0.2, 0.25) is 0 Å². The van der Waals surface area contributed by atoms with Crippen molar-refractivity contribution in [2.24, 2.45) is 11.8 Å². The standard InChI is InChI=1S/C28H31N3O/c1-31(2)23-7-5-21-14-22-6-8-25-24(18-3-4-19-16-29-30-17-20(19)13-18)9-10-26(25)28(22)12-11-27(21,15-23)32-28/h3-4,6,9,13-14,16-17,23,25-26H,5,7-8,10-12,15H2,1-2H3/t23-,25?,26+,27+,28+/m0/s1. The van der Waals surface area contributed by atoms with Gasteiger partial charge in [0.15, 0.2) is 0 Å². The average molecular weight is 426 g/mol. The molecule has 2 bridgehead atoms. The minimum absolute atomic E-state index is 0.0171. The van der Waals surface area contributed by atoms with Crippen molar-refractivity contribution in [2.45, 2.75) is 62.2 Å². The van der Waals surface area contributed by atoms with E-state index >= 15 is 0 Å². The number of rotatable bonds is 2. The molecule has 7 rings (SSSR count). The van der Waals surface area contributed by atoms with Crippen LogP contribution in [0.1, 0.15) is 50.5 Å². The predicted molar refractivity (Wildman–Crippen MR) is 127 cm³/mol. The van der Waals surface area contributed by atoms with E-state index in [1.54, 1.807) is 5.57 Å². The summed E-state index contributed by atoms with van der Waals surface area (Å²) in [7, 11) is 4.46. The maximum Gasteiger partial charge on any atom is 0.0978 e. The normalized spacial score (nSPS) is 37.5. The molecule has 2 fully saturated rings. The molecule has 164 valence electrons. The molecule has 1 saturated carbocycles. The van der Waals surface area contributed by atoms with Crippen LogP contribution in [-0.2, 0) is 4.74 Å². The summed E-state index contributed by atoms with van der Waals surface area (Å²) in [5.41, 5.74) is 5.82. The molecule has 1 unspecified atom stereocenters. The van der Waals surface area contributed by atoms with Crippen LogP contribution in [0, 0.1) is 11.8 Å². The number of aromatic nitrogens is 2. The van der Waals surface area contributed by atoms with E-state index in [9.17, 15) is 0 Å². The first-order valence-corrected chi connectivity index (χ1v) is 12.3. The summed E-state index contributed by atoms with van der Waals surface area (Å²) < 4.78 is 7.31. The van der Waals surface area contributed by atoms with Gasteiger partial charge in [-0.05, 0) is 93.3 Å². The van der Waals surface area contributed by atoms with Gasteiger partial charge >= 0.3 is 0 Å². The Kier molecular flexibility index (Phi) is 3.97. The molecule has 3 aliphatic carbocycles. The zero-order chi connectivity index (χ0) is 21.5. The Bertz CT molecular complexity index is 1210. The molecule has 2 aliphatic heterocycles. The Morgan fingerprint density at radius 3 is 2.78 bits per heavy atom. The highest BCUT2D eigenvalue weighted by Crippen LogP contribution is 2.64. The van der Waals surface area contributed by atoms with Gasteiger partial charge in [-0.15, -0.1) is 0 Å². The Labute approximate surface area is 190 Å². The molecule has 1 aromatic heterocycles. The summed E-state index contributed by atoms with van der Waals surface area (Å²) >= 11 is 0. The predicted octanol–water partition coefficient (Wildman–Crippen LogP) is 5.32. The summed E-state index contributed by atoms with van der Waals surface area (Å²) in [6.45, 7) is 0. The fourth-order valence-corrected chi connectivity index (χ4v) is 7.59. The molecule has 2 spiro atoms. The summed E-state index contributed by atoms with van der Waals surface area (Å²) in [5.74, 6) is 1.10. The van der Waals surface area contributed by atoms with E-state index in [-0.39, 0.29) is 11.2 Å². The van der Waals surface area contributed by atoms with Crippen LogP contribution in [0.25, 0.3) is 16.3 Å².